The third kappa shape index (κ3) is 7.37. The van der Waals surface area contributed by atoms with Gasteiger partial charge in [-0.1, -0.05) is 26.3 Å². The van der Waals surface area contributed by atoms with E-state index in [0.717, 1.165) is 25.0 Å². The molecule has 0 fully saturated rings. The predicted octanol–water partition coefficient (Wildman–Crippen LogP) is 1.42. The van der Waals surface area contributed by atoms with Gasteiger partial charge in [-0.25, -0.2) is 0 Å². The third-order valence-corrected chi connectivity index (χ3v) is 1.86. The largest absolute Gasteiger partial charge is 0.390 e. The lowest BCUT2D eigenvalue weighted by molar-refractivity contribution is -0.121. The number of rotatable bonds is 7. The molecule has 0 spiro atoms. The van der Waals surface area contributed by atoms with Crippen LogP contribution in [0.25, 0.3) is 0 Å². The molecule has 0 aromatic carbocycles. The molecule has 0 saturated heterocycles. The first-order chi connectivity index (χ1) is 6.20. The molecule has 0 aromatic heterocycles. The Morgan fingerprint density at radius 1 is 1.38 bits per heavy atom. The van der Waals surface area contributed by atoms with Crippen LogP contribution < -0.4 is 10.6 Å². The van der Waals surface area contributed by atoms with Gasteiger partial charge >= 0.3 is 0 Å². The topological polar surface area (TPSA) is 41.1 Å². The van der Waals surface area contributed by atoms with Crippen molar-refractivity contribution in [1.82, 2.24) is 10.6 Å². The Labute approximate surface area is 80.6 Å². The van der Waals surface area contributed by atoms with Crippen molar-refractivity contribution >= 4 is 5.91 Å². The van der Waals surface area contributed by atoms with E-state index in [9.17, 15) is 4.79 Å². The molecule has 0 aliphatic rings. The quantitative estimate of drug-likeness (QED) is 0.587. The number of likely N-dealkylation sites (N-methyl/N-ethyl adjacent to an activating group) is 1. The fourth-order valence-electron chi connectivity index (χ4n) is 0.918. The van der Waals surface area contributed by atoms with Crippen LogP contribution in [0.1, 0.15) is 32.6 Å². The second-order valence-corrected chi connectivity index (χ2v) is 3.09. The molecule has 0 atom stereocenters. The van der Waals surface area contributed by atoms with Gasteiger partial charge in [0.15, 0.2) is 0 Å². The lowest BCUT2D eigenvalue weighted by Crippen LogP contribution is -2.28. The maximum Gasteiger partial charge on any atom is 0.220 e. The summed E-state index contributed by atoms with van der Waals surface area (Å²) >= 11 is 0. The van der Waals surface area contributed by atoms with Crippen molar-refractivity contribution in [1.29, 1.82) is 0 Å². The summed E-state index contributed by atoms with van der Waals surface area (Å²) in [6.07, 6.45) is 3.89. The van der Waals surface area contributed by atoms with Gasteiger partial charge in [-0.3, -0.25) is 4.79 Å². The Morgan fingerprint density at radius 3 is 2.62 bits per heavy atom. The fraction of sp³-hybridized carbons (Fsp3) is 0.700. The van der Waals surface area contributed by atoms with Gasteiger partial charge in [-0.15, -0.1) is 0 Å². The number of hydrogen-bond donors (Lipinski definition) is 2. The minimum absolute atomic E-state index is 0.116. The standard InChI is InChI=1S/C10H20N2O/c1-4-5-6-7-10(13)12-8-9(2)11-3/h11H,2,4-8H2,1,3H3,(H,12,13). The number of hydrogen-bond acceptors (Lipinski definition) is 2. The van der Waals surface area contributed by atoms with Gasteiger partial charge in [0, 0.05) is 19.2 Å². The van der Waals surface area contributed by atoms with E-state index in [4.69, 9.17) is 0 Å². The van der Waals surface area contributed by atoms with Crippen LogP contribution in [0, 0.1) is 0 Å². The Balaban J connectivity index is 3.35. The van der Waals surface area contributed by atoms with E-state index < -0.39 is 0 Å². The second-order valence-electron chi connectivity index (χ2n) is 3.09. The van der Waals surface area contributed by atoms with Gasteiger partial charge < -0.3 is 10.6 Å². The van der Waals surface area contributed by atoms with E-state index in [-0.39, 0.29) is 5.91 Å². The SMILES string of the molecule is C=C(CNC(=O)CCCCC)NC. The molecule has 13 heavy (non-hydrogen) atoms. The number of amides is 1. The number of carbonyl (C=O) groups excluding carboxylic acids is 1. The van der Waals surface area contributed by atoms with Crippen LogP contribution >= 0.6 is 0 Å². The molecule has 0 rings (SSSR count). The Morgan fingerprint density at radius 2 is 2.08 bits per heavy atom. The summed E-state index contributed by atoms with van der Waals surface area (Å²) in [4.78, 5) is 11.2. The zero-order valence-corrected chi connectivity index (χ0v) is 8.65. The third-order valence-electron chi connectivity index (χ3n) is 1.86. The molecule has 76 valence electrons. The summed E-state index contributed by atoms with van der Waals surface area (Å²) in [5.74, 6) is 0.116. The first kappa shape index (κ1) is 12.0. The summed E-state index contributed by atoms with van der Waals surface area (Å²) in [5.41, 5.74) is 0.837. The van der Waals surface area contributed by atoms with Crippen LogP contribution in [-0.2, 0) is 4.79 Å². The summed E-state index contributed by atoms with van der Waals surface area (Å²) in [6.45, 7) is 6.37. The zero-order chi connectivity index (χ0) is 10.1. The predicted molar refractivity (Wildman–Crippen MR) is 55.4 cm³/mol. The first-order valence-electron chi connectivity index (χ1n) is 4.83. The summed E-state index contributed by atoms with van der Waals surface area (Å²) < 4.78 is 0. The molecule has 0 aromatic rings. The van der Waals surface area contributed by atoms with E-state index in [2.05, 4.69) is 24.1 Å². The van der Waals surface area contributed by atoms with E-state index in [0.29, 0.717) is 13.0 Å². The van der Waals surface area contributed by atoms with Crippen molar-refractivity contribution in [3.05, 3.63) is 12.3 Å². The van der Waals surface area contributed by atoms with Gasteiger partial charge in [0.2, 0.25) is 5.91 Å². The van der Waals surface area contributed by atoms with Crippen molar-refractivity contribution in [2.45, 2.75) is 32.6 Å². The lowest BCUT2D eigenvalue weighted by atomic mass is 10.2. The average Bonchev–Trinajstić information content (AvgIpc) is 2.14. The first-order valence-corrected chi connectivity index (χ1v) is 4.83. The van der Waals surface area contributed by atoms with Crippen LogP contribution in [0.3, 0.4) is 0 Å². The Bertz CT molecular complexity index is 166. The highest BCUT2D eigenvalue weighted by molar-refractivity contribution is 5.76. The number of unbranched alkanes of at least 4 members (excludes halogenated alkanes) is 2. The van der Waals surface area contributed by atoms with Gasteiger partial charge in [0.05, 0.1) is 6.54 Å². The molecule has 0 aliphatic carbocycles. The Kier molecular flexibility index (Phi) is 7.07. The molecule has 0 aliphatic heterocycles. The monoisotopic (exact) mass is 184 g/mol. The molecule has 0 bridgehead atoms. The normalized spacial score (nSPS) is 9.38. The highest BCUT2D eigenvalue weighted by Gasteiger charge is 1.99. The van der Waals surface area contributed by atoms with Crippen LogP contribution in [-0.4, -0.2) is 19.5 Å². The summed E-state index contributed by atoms with van der Waals surface area (Å²) in [6, 6.07) is 0. The minimum atomic E-state index is 0.116. The molecule has 0 saturated carbocycles. The molecular formula is C10H20N2O. The second kappa shape index (κ2) is 7.65. The molecule has 0 heterocycles. The van der Waals surface area contributed by atoms with Crippen LogP contribution in [0.4, 0.5) is 0 Å². The van der Waals surface area contributed by atoms with Crippen molar-refractivity contribution in [2.75, 3.05) is 13.6 Å². The maximum atomic E-state index is 11.2. The fourth-order valence-corrected chi connectivity index (χ4v) is 0.918. The van der Waals surface area contributed by atoms with Gasteiger partial charge in [0.25, 0.3) is 0 Å². The Hall–Kier alpha value is -0.990. The van der Waals surface area contributed by atoms with Gasteiger partial charge in [0.1, 0.15) is 0 Å². The summed E-state index contributed by atoms with van der Waals surface area (Å²) in [5, 5.41) is 5.67. The molecule has 2 N–H and O–H groups in total. The zero-order valence-electron chi connectivity index (χ0n) is 8.65. The van der Waals surface area contributed by atoms with E-state index in [1.54, 1.807) is 7.05 Å². The van der Waals surface area contributed by atoms with E-state index in [1.165, 1.54) is 0 Å². The molecule has 3 heteroatoms. The van der Waals surface area contributed by atoms with Gasteiger partial charge in [-0.05, 0) is 6.42 Å². The number of carbonyl (C=O) groups is 1. The molecule has 3 nitrogen and oxygen atoms in total. The molecular weight excluding hydrogens is 164 g/mol. The minimum Gasteiger partial charge on any atom is -0.390 e. The maximum absolute atomic E-state index is 11.2. The van der Waals surface area contributed by atoms with Gasteiger partial charge in [-0.2, -0.15) is 0 Å². The van der Waals surface area contributed by atoms with Crippen LogP contribution in [0.15, 0.2) is 12.3 Å². The lowest BCUT2D eigenvalue weighted by Gasteiger charge is -2.06. The highest BCUT2D eigenvalue weighted by atomic mass is 16.1. The van der Waals surface area contributed by atoms with Crippen LogP contribution in [0.2, 0.25) is 0 Å². The molecule has 0 unspecified atom stereocenters. The molecule has 0 radical (unpaired) electrons. The van der Waals surface area contributed by atoms with Crippen molar-refractivity contribution < 1.29 is 4.79 Å². The number of nitrogens with one attached hydrogen (secondary N) is 2. The van der Waals surface area contributed by atoms with Crippen molar-refractivity contribution in [3.63, 3.8) is 0 Å². The summed E-state index contributed by atoms with van der Waals surface area (Å²) in [7, 11) is 1.80. The van der Waals surface area contributed by atoms with Crippen molar-refractivity contribution in [3.8, 4) is 0 Å². The van der Waals surface area contributed by atoms with Crippen LogP contribution in [0.5, 0.6) is 0 Å². The molecule has 1 amide bonds. The highest BCUT2D eigenvalue weighted by Crippen LogP contribution is 1.98. The van der Waals surface area contributed by atoms with E-state index in [1.807, 2.05) is 0 Å². The van der Waals surface area contributed by atoms with E-state index >= 15 is 0 Å². The smallest absolute Gasteiger partial charge is 0.220 e. The average molecular weight is 184 g/mol. The van der Waals surface area contributed by atoms with Crippen molar-refractivity contribution in [2.24, 2.45) is 0 Å².